The molecule has 2 aliphatic heterocycles. The zero-order chi connectivity index (χ0) is 25.2. The van der Waals surface area contributed by atoms with Gasteiger partial charge in [0.25, 0.3) is 12.3 Å². The number of likely N-dealkylation sites (tertiary alicyclic amines) is 2. The normalized spacial score (nSPS) is 17.3. The molecular weight excluding hydrogens is 474 g/mol. The van der Waals surface area contributed by atoms with Crippen LogP contribution in [0, 0.1) is 0 Å². The predicted octanol–water partition coefficient (Wildman–Crippen LogP) is 2.95. The molecule has 3 aromatic heterocycles. The third kappa shape index (κ3) is 4.78. The van der Waals surface area contributed by atoms with Crippen molar-refractivity contribution in [2.45, 2.75) is 31.4 Å². The first-order valence-electron chi connectivity index (χ1n) is 11.6. The van der Waals surface area contributed by atoms with E-state index < -0.39 is 18.0 Å². The number of nitrogens with zero attached hydrogens (tertiary/aromatic N) is 6. The smallest absolute Gasteiger partial charge is 0.409 e. The highest BCUT2D eigenvalue weighted by Gasteiger charge is 2.37. The molecule has 2 aliphatic rings. The fourth-order valence-corrected chi connectivity index (χ4v) is 4.65. The molecule has 190 valence electrons. The van der Waals surface area contributed by atoms with Gasteiger partial charge in [-0.3, -0.25) is 19.5 Å². The number of hydrogen-bond acceptors (Lipinski definition) is 7. The second-order valence-electron chi connectivity index (χ2n) is 8.85. The van der Waals surface area contributed by atoms with Crippen molar-refractivity contribution in [2.75, 3.05) is 38.6 Å². The molecule has 13 heteroatoms. The number of piperidine rings is 1. The van der Waals surface area contributed by atoms with E-state index in [0.717, 1.165) is 12.8 Å². The van der Waals surface area contributed by atoms with Crippen molar-refractivity contribution in [3.05, 3.63) is 48.2 Å². The van der Waals surface area contributed by atoms with Gasteiger partial charge in [0.15, 0.2) is 5.69 Å². The van der Waals surface area contributed by atoms with E-state index in [2.05, 4.69) is 30.5 Å². The number of nitrogens with one attached hydrogen (secondary N) is 2. The Balaban J connectivity index is 1.22. The number of pyridine rings is 1. The van der Waals surface area contributed by atoms with Crippen LogP contribution >= 0.6 is 0 Å². The van der Waals surface area contributed by atoms with Gasteiger partial charge in [-0.25, -0.2) is 18.6 Å². The van der Waals surface area contributed by atoms with Crippen molar-refractivity contribution in [1.82, 2.24) is 34.8 Å². The van der Waals surface area contributed by atoms with E-state index >= 15 is 0 Å². The molecule has 0 aromatic carbocycles. The maximum Gasteiger partial charge on any atom is 0.409 e. The molecule has 5 heterocycles. The largest absolute Gasteiger partial charge is 0.453 e. The summed E-state index contributed by atoms with van der Waals surface area (Å²) in [4.78, 5) is 32.7. The minimum atomic E-state index is -2.84. The Labute approximate surface area is 205 Å². The number of anilines is 1. The minimum Gasteiger partial charge on any atom is -0.453 e. The van der Waals surface area contributed by atoms with E-state index in [1.165, 1.54) is 24.1 Å². The molecule has 0 spiro atoms. The molecular formula is C23H26F2N8O3. The van der Waals surface area contributed by atoms with Gasteiger partial charge in [-0.1, -0.05) is 6.07 Å². The number of aromatic nitrogens is 5. The van der Waals surface area contributed by atoms with Gasteiger partial charge in [-0.2, -0.15) is 10.2 Å². The van der Waals surface area contributed by atoms with E-state index in [0.29, 0.717) is 43.5 Å². The summed E-state index contributed by atoms with van der Waals surface area (Å²) in [5.41, 5.74) is 0.828. The van der Waals surface area contributed by atoms with Crippen molar-refractivity contribution < 1.29 is 23.1 Å². The predicted molar refractivity (Wildman–Crippen MR) is 125 cm³/mol. The summed E-state index contributed by atoms with van der Waals surface area (Å²) in [6, 6.07) is 5.15. The van der Waals surface area contributed by atoms with Crippen LogP contribution in [0.15, 0.2) is 36.8 Å². The monoisotopic (exact) mass is 500 g/mol. The van der Waals surface area contributed by atoms with E-state index in [-0.39, 0.29) is 23.5 Å². The van der Waals surface area contributed by atoms with Crippen molar-refractivity contribution >= 4 is 17.7 Å². The Morgan fingerprint density at radius 3 is 2.64 bits per heavy atom. The number of hydrogen-bond donors (Lipinski definition) is 2. The quantitative estimate of drug-likeness (QED) is 0.534. The third-order valence-corrected chi connectivity index (χ3v) is 6.67. The molecule has 2 amide bonds. The number of ether oxygens (including phenoxy) is 1. The molecule has 3 aromatic rings. The van der Waals surface area contributed by atoms with Crippen molar-refractivity contribution in [3.8, 4) is 11.3 Å². The lowest BCUT2D eigenvalue weighted by Gasteiger charge is -2.46. The Morgan fingerprint density at radius 1 is 1.19 bits per heavy atom. The van der Waals surface area contributed by atoms with Crippen LogP contribution in [0.1, 0.15) is 41.5 Å². The number of carbonyl (C=O) groups excluding carboxylic acids is 2. The molecule has 0 unspecified atom stereocenters. The van der Waals surface area contributed by atoms with E-state index in [4.69, 9.17) is 4.74 Å². The summed E-state index contributed by atoms with van der Waals surface area (Å²) in [7, 11) is 1.37. The molecule has 36 heavy (non-hydrogen) atoms. The highest BCUT2D eigenvalue weighted by molar-refractivity contribution is 6.03. The molecule has 11 nitrogen and oxygen atoms in total. The van der Waals surface area contributed by atoms with Gasteiger partial charge in [-0.05, 0) is 25.0 Å². The van der Waals surface area contributed by atoms with E-state index in [9.17, 15) is 18.4 Å². The molecule has 2 saturated heterocycles. The topological polar surface area (TPSA) is 121 Å². The number of H-pyrrole nitrogens is 1. The highest BCUT2D eigenvalue weighted by atomic mass is 19.3. The van der Waals surface area contributed by atoms with Crippen molar-refractivity contribution in [2.24, 2.45) is 0 Å². The SMILES string of the molecule is COC(=O)N1CCC(N2CC(n3cc(NC(=O)c4cccc(-c5cn[nH]c5)n4)c(C(F)F)n3)C2)CC1. The Hall–Kier alpha value is -3.87. The molecule has 0 aliphatic carbocycles. The number of halogens is 2. The summed E-state index contributed by atoms with van der Waals surface area (Å²) in [5.74, 6) is -0.602. The first-order chi connectivity index (χ1) is 17.4. The van der Waals surface area contributed by atoms with Gasteiger partial charge in [-0.15, -0.1) is 0 Å². The number of alkyl halides is 2. The Morgan fingerprint density at radius 2 is 1.97 bits per heavy atom. The lowest BCUT2D eigenvalue weighted by Crippen LogP contribution is -2.56. The van der Waals surface area contributed by atoms with Crippen molar-refractivity contribution in [3.63, 3.8) is 0 Å². The highest BCUT2D eigenvalue weighted by Crippen LogP contribution is 2.32. The van der Waals surface area contributed by atoms with Crippen LogP contribution in [0.25, 0.3) is 11.3 Å². The van der Waals surface area contributed by atoms with Crippen LogP contribution in [0.3, 0.4) is 0 Å². The summed E-state index contributed by atoms with van der Waals surface area (Å²) >= 11 is 0. The molecule has 0 bridgehead atoms. The number of rotatable bonds is 6. The number of carbonyl (C=O) groups is 2. The van der Waals surface area contributed by atoms with Crippen LogP contribution < -0.4 is 5.32 Å². The van der Waals surface area contributed by atoms with Gasteiger partial charge >= 0.3 is 6.09 Å². The molecule has 5 rings (SSSR count). The average molecular weight is 501 g/mol. The molecule has 0 radical (unpaired) electrons. The molecule has 2 N–H and O–H groups in total. The van der Waals surface area contributed by atoms with Crippen LogP contribution in [0.4, 0.5) is 19.3 Å². The van der Waals surface area contributed by atoms with Crippen LogP contribution in [-0.4, -0.2) is 86.1 Å². The van der Waals surface area contributed by atoms with Gasteiger partial charge in [0.05, 0.1) is 30.7 Å². The maximum absolute atomic E-state index is 13.7. The summed E-state index contributed by atoms with van der Waals surface area (Å²) in [6.45, 7) is 2.58. The molecule has 0 atom stereocenters. The van der Waals surface area contributed by atoms with Crippen LogP contribution in [0.2, 0.25) is 0 Å². The summed E-state index contributed by atoms with van der Waals surface area (Å²) in [5, 5.41) is 13.2. The number of aromatic amines is 1. The minimum absolute atomic E-state index is 0.0321. The van der Waals surface area contributed by atoms with Gasteiger partial charge in [0, 0.05) is 50.2 Å². The first kappa shape index (κ1) is 23.9. The van der Waals surface area contributed by atoms with Gasteiger partial charge in [0.1, 0.15) is 5.69 Å². The Kier molecular flexibility index (Phi) is 6.63. The second-order valence-corrected chi connectivity index (χ2v) is 8.85. The first-order valence-corrected chi connectivity index (χ1v) is 11.6. The van der Waals surface area contributed by atoms with Gasteiger partial charge < -0.3 is 15.0 Å². The summed E-state index contributed by atoms with van der Waals surface area (Å²) < 4.78 is 33.7. The fraction of sp³-hybridized carbons (Fsp3) is 0.435. The zero-order valence-electron chi connectivity index (χ0n) is 19.6. The summed E-state index contributed by atoms with van der Waals surface area (Å²) in [6.07, 6.45) is 3.18. The van der Waals surface area contributed by atoms with E-state index in [1.807, 2.05) is 0 Å². The fourth-order valence-electron chi connectivity index (χ4n) is 4.65. The Bertz CT molecular complexity index is 1220. The molecule has 2 fully saturated rings. The number of amides is 2. The molecule has 0 saturated carbocycles. The lowest BCUT2D eigenvalue weighted by molar-refractivity contribution is 0.0193. The van der Waals surface area contributed by atoms with Crippen LogP contribution in [-0.2, 0) is 4.74 Å². The van der Waals surface area contributed by atoms with E-state index in [1.54, 1.807) is 29.4 Å². The standard InChI is InChI=1S/C23H26F2N8O3/c1-36-23(35)31-7-5-15(6-8-31)32-11-16(12-32)33-13-19(20(30-33)21(24)25)29-22(34)18-4-2-3-17(28-18)14-9-26-27-10-14/h2-4,9-10,13,15-16,21H,5-8,11-12H2,1H3,(H,26,27)(H,29,34). The second kappa shape index (κ2) is 10.0. The average Bonchev–Trinajstić information content (AvgIpc) is 3.54. The van der Waals surface area contributed by atoms with Gasteiger partial charge in [0.2, 0.25) is 0 Å². The van der Waals surface area contributed by atoms with Crippen molar-refractivity contribution in [1.29, 1.82) is 0 Å². The third-order valence-electron chi connectivity index (χ3n) is 6.67. The zero-order valence-corrected chi connectivity index (χ0v) is 19.6. The van der Waals surface area contributed by atoms with Crippen LogP contribution in [0.5, 0.6) is 0 Å². The maximum atomic E-state index is 13.7. The number of methoxy groups -OCH3 is 1. The lowest BCUT2D eigenvalue weighted by atomic mass is 9.98.